The molecule has 2 amide bonds. The molecule has 1 aliphatic heterocycles. The van der Waals surface area contributed by atoms with E-state index < -0.39 is 5.82 Å². The molecule has 1 fully saturated rings. The summed E-state index contributed by atoms with van der Waals surface area (Å²) in [5.74, 6) is -1.75. The summed E-state index contributed by atoms with van der Waals surface area (Å²) in [6.45, 7) is 3.32. The number of halogens is 1. The molecule has 5 heteroatoms. The molecule has 2 N–H and O–H groups in total. The molecule has 0 radical (unpaired) electrons. The zero-order valence-electron chi connectivity index (χ0n) is 10.3. The van der Waals surface area contributed by atoms with Crippen LogP contribution in [0.5, 0.6) is 0 Å². The Hall–Kier alpha value is -1.91. The standard InChI is InChI=1S/C13H15FN2O2/c1-7-8(2)13(18)16(12(7)17)6-9-10(14)4-3-5-11(9)15/h3-5,7-8H,6,15H2,1-2H3. The Morgan fingerprint density at radius 2 is 1.78 bits per heavy atom. The number of nitrogens with two attached hydrogens (primary N) is 1. The average Bonchev–Trinajstić information content (AvgIpc) is 2.51. The van der Waals surface area contributed by atoms with E-state index in [9.17, 15) is 14.0 Å². The van der Waals surface area contributed by atoms with Gasteiger partial charge >= 0.3 is 0 Å². The van der Waals surface area contributed by atoms with Crippen molar-refractivity contribution in [3.63, 3.8) is 0 Å². The fourth-order valence-electron chi connectivity index (χ4n) is 2.08. The second-order valence-electron chi connectivity index (χ2n) is 4.65. The minimum atomic E-state index is -0.497. The number of anilines is 1. The largest absolute Gasteiger partial charge is 0.398 e. The molecule has 2 atom stereocenters. The fraction of sp³-hybridized carbons (Fsp3) is 0.385. The van der Waals surface area contributed by atoms with Gasteiger partial charge in [-0.25, -0.2) is 4.39 Å². The van der Waals surface area contributed by atoms with Crippen LogP contribution in [0, 0.1) is 17.7 Å². The summed E-state index contributed by atoms with van der Waals surface area (Å²) in [5, 5.41) is 0. The Morgan fingerprint density at radius 3 is 2.28 bits per heavy atom. The molecule has 2 unspecified atom stereocenters. The van der Waals surface area contributed by atoms with Crippen LogP contribution in [0.2, 0.25) is 0 Å². The van der Waals surface area contributed by atoms with Gasteiger partial charge in [-0.05, 0) is 12.1 Å². The molecular weight excluding hydrogens is 235 g/mol. The molecule has 0 spiro atoms. The highest BCUT2D eigenvalue weighted by atomic mass is 19.1. The van der Waals surface area contributed by atoms with Crippen LogP contribution in [0.25, 0.3) is 0 Å². The number of amides is 2. The van der Waals surface area contributed by atoms with E-state index in [0.717, 1.165) is 4.90 Å². The van der Waals surface area contributed by atoms with Crippen molar-refractivity contribution in [1.29, 1.82) is 0 Å². The normalized spacial score (nSPS) is 23.8. The quantitative estimate of drug-likeness (QED) is 0.639. The van der Waals surface area contributed by atoms with E-state index in [1.165, 1.54) is 12.1 Å². The Kier molecular flexibility index (Phi) is 3.07. The zero-order chi connectivity index (χ0) is 13.4. The van der Waals surface area contributed by atoms with Gasteiger partial charge in [-0.2, -0.15) is 0 Å². The first-order valence-electron chi connectivity index (χ1n) is 5.81. The highest BCUT2D eigenvalue weighted by Crippen LogP contribution is 2.28. The molecule has 0 saturated carbocycles. The molecule has 18 heavy (non-hydrogen) atoms. The van der Waals surface area contributed by atoms with E-state index >= 15 is 0 Å². The van der Waals surface area contributed by atoms with E-state index in [-0.39, 0.29) is 41.4 Å². The molecule has 4 nitrogen and oxygen atoms in total. The van der Waals surface area contributed by atoms with Gasteiger partial charge in [-0.3, -0.25) is 14.5 Å². The van der Waals surface area contributed by atoms with Gasteiger partial charge in [-0.1, -0.05) is 19.9 Å². The van der Waals surface area contributed by atoms with Crippen LogP contribution in [-0.4, -0.2) is 16.7 Å². The van der Waals surface area contributed by atoms with E-state index in [0.29, 0.717) is 0 Å². The van der Waals surface area contributed by atoms with Crippen molar-refractivity contribution in [3.8, 4) is 0 Å². The minimum absolute atomic E-state index is 0.0924. The average molecular weight is 250 g/mol. The number of carbonyl (C=O) groups is 2. The smallest absolute Gasteiger partial charge is 0.233 e. The van der Waals surface area contributed by atoms with E-state index in [1.807, 2.05) is 0 Å². The van der Waals surface area contributed by atoms with Gasteiger partial charge in [0.25, 0.3) is 0 Å². The van der Waals surface area contributed by atoms with Gasteiger partial charge < -0.3 is 5.73 Å². The molecule has 2 rings (SSSR count). The number of benzene rings is 1. The van der Waals surface area contributed by atoms with Gasteiger partial charge in [0, 0.05) is 23.1 Å². The summed E-state index contributed by atoms with van der Waals surface area (Å²) >= 11 is 0. The third-order valence-electron chi connectivity index (χ3n) is 3.53. The van der Waals surface area contributed by atoms with Crippen molar-refractivity contribution in [2.45, 2.75) is 20.4 Å². The van der Waals surface area contributed by atoms with Gasteiger partial charge in [-0.15, -0.1) is 0 Å². The van der Waals surface area contributed by atoms with Crippen molar-refractivity contribution in [1.82, 2.24) is 4.90 Å². The second-order valence-corrected chi connectivity index (χ2v) is 4.65. The van der Waals surface area contributed by atoms with E-state index in [1.54, 1.807) is 19.9 Å². The first-order valence-corrected chi connectivity index (χ1v) is 5.81. The Bertz CT molecular complexity index is 475. The van der Waals surface area contributed by atoms with Crippen LogP contribution in [0.15, 0.2) is 18.2 Å². The first kappa shape index (κ1) is 12.5. The third kappa shape index (κ3) is 1.85. The summed E-state index contributed by atoms with van der Waals surface area (Å²) in [5.41, 5.74) is 6.12. The predicted molar refractivity (Wildman–Crippen MR) is 64.7 cm³/mol. The van der Waals surface area contributed by atoms with Crippen LogP contribution in [0.1, 0.15) is 19.4 Å². The molecule has 0 aliphatic carbocycles. The van der Waals surface area contributed by atoms with Gasteiger partial charge in [0.1, 0.15) is 5.82 Å². The fourth-order valence-corrected chi connectivity index (χ4v) is 2.08. The maximum atomic E-state index is 13.6. The second kappa shape index (κ2) is 4.40. The topological polar surface area (TPSA) is 63.4 Å². The number of nitrogen functional groups attached to an aromatic ring is 1. The van der Waals surface area contributed by atoms with Crippen molar-refractivity contribution < 1.29 is 14.0 Å². The molecule has 0 aromatic heterocycles. The Labute approximate surface area is 105 Å². The molecule has 1 aliphatic rings. The van der Waals surface area contributed by atoms with Gasteiger partial charge in [0.2, 0.25) is 11.8 Å². The first-order chi connectivity index (χ1) is 8.43. The van der Waals surface area contributed by atoms with E-state index in [4.69, 9.17) is 5.73 Å². The molecule has 0 bridgehead atoms. The van der Waals surface area contributed by atoms with Crippen LogP contribution in [0.4, 0.5) is 10.1 Å². The Balaban J connectivity index is 2.30. The summed E-state index contributed by atoms with van der Waals surface area (Å²) < 4.78 is 13.6. The molecule has 1 heterocycles. The SMILES string of the molecule is CC1C(=O)N(Cc2c(N)cccc2F)C(=O)C1C. The molecular formula is C13H15FN2O2. The van der Waals surface area contributed by atoms with Gasteiger partial charge in [0.15, 0.2) is 0 Å². The highest BCUT2D eigenvalue weighted by molar-refractivity contribution is 6.04. The lowest BCUT2D eigenvalue weighted by Crippen LogP contribution is -2.31. The number of likely N-dealkylation sites (tertiary alicyclic amines) is 1. The number of hydrogen-bond donors (Lipinski definition) is 1. The molecule has 1 aromatic rings. The summed E-state index contributed by atoms with van der Waals surface area (Å²) in [7, 11) is 0. The monoisotopic (exact) mass is 250 g/mol. The van der Waals surface area contributed by atoms with Crippen LogP contribution < -0.4 is 5.73 Å². The summed E-state index contributed by atoms with van der Waals surface area (Å²) in [4.78, 5) is 24.9. The van der Waals surface area contributed by atoms with E-state index in [2.05, 4.69) is 0 Å². The third-order valence-corrected chi connectivity index (χ3v) is 3.53. The number of carbonyl (C=O) groups excluding carboxylic acids is 2. The molecule has 96 valence electrons. The van der Waals surface area contributed by atoms with Crippen LogP contribution in [-0.2, 0) is 16.1 Å². The Morgan fingerprint density at radius 1 is 1.22 bits per heavy atom. The zero-order valence-corrected chi connectivity index (χ0v) is 10.3. The van der Waals surface area contributed by atoms with Crippen LogP contribution >= 0.6 is 0 Å². The summed E-state index contributed by atoms with van der Waals surface area (Å²) in [6, 6.07) is 4.31. The lowest BCUT2D eigenvalue weighted by molar-refractivity contribution is -0.140. The lowest BCUT2D eigenvalue weighted by atomic mass is 10.00. The van der Waals surface area contributed by atoms with Crippen molar-refractivity contribution >= 4 is 17.5 Å². The number of imide groups is 1. The summed E-state index contributed by atoms with van der Waals surface area (Å²) in [6.07, 6.45) is 0. The van der Waals surface area contributed by atoms with Gasteiger partial charge in [0.05, 0.1) is 6.54 Å². The number of hydrogen-bond acceptors (Lipinski definition) is 3. The van der Waals surface area contributed by atoms with Crippen LogP contribution in [0.3, 0.4) is 0 Å². The van der Waals surface area contributed by atoms with Crippen molar-refractivity contribution in [3.05, 3.63) is 29.6 Å². The predicted octanol–water partition coefficient (Wildman–Crippen LogP) is 1.55. The number of rotatable bonds is 2. The lowest BCUT2D eigenvalue weighted by Gasteiger charge is -2.16. The van der Waals surface area contributed by atoms with Crippen molar-refractivity contribution in [2.75, 3.05) is 5.73 Å². The highest BCUT2D eigenvalue weighted by Gasteiger charge is 2.42. The number of nitrogens with zero attached hydrogens (tertiary/aromatic N) is 1. The molecule has 1 aromatic carbocycles. The van der Waals surface area contributed by atoms with Crippen molar-refractivity contribution in [2.24, 2.45) is 11.8 Å². The maximum absolute atomic E-state index is 13.6. The molecule has 1 saturated heterocycles. The minimum Gasteiger partial charge on any atom is -0.398 e. The maximum Gasteiger partial charge on any atom is 0.233 e.